The zero-order valence-electron chi connectivity index (χ0n) is 14.5. The molecule has 0 unspecified atom stereocenters. The number of amidine groups is 1. The summed E-state index contributed by atoms with van der Waals surface area (Å²) in [7, 11) is -1.48. The van der Waals surface area contributed by atoms with E-state index in [-0.39, 0.29) is 34.6 Å². The molecule has 8 heteroatoms. The van der Waals surface area contributed by atoms with Crippen molar-refractivity contribution in [3.05, 3.63) is 24.3 Å². The van der Waals surface area contributed by atoms with Crippen LogP contribution in [0.4, 0.5) is 5.69 Å². The zero-order chi connectivity index (χ0) is 18.2. The summed E-state index contributed by atoms with van der Waals surface area (Å²) < 4.78 is 29.4. The molecule has 136 valence electrons. The van der Waals surface area contributed by atoms with Crippen LogP contribution < -0.4 is 9.64 Å². The third-order valence-corrected chi connectivity index (χ3v) is 7.41. The van der Waals surface area contributed by atoms with Crippen LogP contribution in [0.5, 0.6) is 5.75 Å². The fourth-order valence-electron chi connectivity index (χ4n) is 3.13. The van der Waals surface area contributed by atoms with Gasteiger partial charge in [0, 0.05) is 23.4 Å². The number of ether oxygens (including phenoxy) is 1. The number of carbonyl (C=O) groups excluding carboxylic acids is 1. The van der Waals surface area contributed by atoms with Crippen LogP contribution in [-0.2, 0) is 14.6 Å². The molecule has 1 aromatic rings. The molecule has 0 aliphatic carbocycles. The maximum absolute atomic E-state index is 12.2. The highest BCUT2D eigenvalue weighted by Crippen LogP contribution is 2.41. The number of fused-ring (bicyclic) bond motifs is 1. The van der Waals surface area contributed by atoms with Gasteiger partial charge in [-0.25, -0.2) is 8.42 Å². The molecular weight excluding hydrogens is 360 g/mol. The second kappa shape index (κ2) is 6.99. The van der Waals surface area contributed by atoms with E-state index in [2.05, 4.69) is 4.99 Å². The molecule has 3 rings (SSSR count). The van der Waals surface area contributed by atoms with Crippen LogP contribution >= 0.6 is 11.8 Å². The molecule has 0 aromatic heterocycles. The molecule has 0 bridgehead atoms. The van der Waals surface area contributed by atoms with Crippen LogP contribution in [0.1, 0.15) is 20.3 Å². The number of sulfone groups is 1. The summed E-state index contributed by atoms with van der Waals surface area (Å²) in [5, 5.41) is 0.491. The molecule has 1 aromatic carbocycles. The number of hydrogen-bond donors (Lipinski definition) is 0. The first kappa shape index (κ1) is 18.3. The summed E-state index contributed by atoms with van der Waals surface area (Å²) in [6.07, 6.45) is 0.379. The van der Waals surface area contributed by atoms with Crippen molar-refractivity contribution < 1.29 is 17.9 Å². The summed E-state index contributed by atoms with van der Waals surface area (Å²) in [4.78, 5) is 18.4. The first-order valence-corrected chi connectivity index (χ1v) is 10.9. The Hall–Kier alpha value is -1.54. The molecule has 2 aliphatic rings. The van der Waals surface area contributed by atoms with Crippen molar-refractivity contribution >= 4 is 38.4 Å². The maximum atomic E-state index is 12.2. The summed E-state index contributed by atoms with van der Waals surface area (Å²) in [6, 6.07) is 7.21. The standard InChI is InChI=1S/C17H22N2O4S2/c1-11(2)7-16(20)18-17-19(12-5-4-6-13(8-12)23-3)14-9-25(21,22)10-15(14)24-17/h4-6,8,11,14-15H,7,9-10H2,1-3H3/t14-,15+/m0/s1. The molecule has 2 aliphatic heterocycles. The molecule has 1 amide bonds. The minimum atomic E-state index is -3.07. The number of rotatable bonds is 4. The molecule has 25 heavy (non-hydrogen) atoms. The Kier molecular flexibility index (Phi) is 5.11. The van der Waals surface area contributed by atoms with Gasteiger partial charge in [-0.05, 0) is 18.1 Å². The molecular formula is C17H22N2O4S2. The highest BCUT2D eigenvalue weighted by molar-refractivity contribution is 8.16. The van der Waals surface area contributed by atoms with E-state index in [9.17, 15) is 13.2 Å². The fraction of sp³-hybridized carbons (Fsp3) is 0.529. The topological polar surface area (TPSA) is 76.0 Å². The van der Waals surface area contributed by atoms with Gasteiger partial charge >= 0.3 is 0 Å². The smallest absolute Gasteiger partial charge is 0.248 e. The van der Waals surface area contributed by atoms with E-state index in [0.717, 1.165) is 5.69 Å². The van der Waals surface area contributed by atoms with E-state index in [1.807, 2.05) is 43.0 Å². The van der Waals surface area contributed by atoms with Gasteiger partial charge in [0.25, 0.3) is 0 Å². The zero-order valence-corrected chi connectivity index (χ0v) is 16.1. The summed E-state index contributed by atoms with van der Waals surface area (Å²) in [5.74, 6) is 0.945. The predicted molar refractivity (Wildman–Crippen MR) is 101 cm³/mol. The lowest BCUT2D eigenvalue weighted by Crippen LogP contribution is -2.37. The van der Waals surface area contributed by atoms with Crippen molar-refractivity contribution in [1.82, 2.24) is 0 Å². The Bertz CT molecular complexity index is 805. The molecule has 2 atom stereocenters. The number of methoxy groups -OCH3 is 1. The van der Waals surface area contributed by atoms with Gasteiger partial charge in [0.1, 0.15) is 5.75 Å². The van der Waals surface area contributed by atoms with E-state index >= 15 is 0 Å². The Labute approximate surface area is 152 Å². The molecule has 2 heterocycles. The van der Waals surface area contributed by atoms with Crippen LogP contribution in [0.15, 0.2) is 29.3 Å². The molecule has 0 N–H and O–H groups in total. The molecule has 0 spiro atoms. The lowest BCUT2D eigenvalue weighted by atomic mass is 10.1. The predicted octanol–water partition coefficient (Wildman–Crippen LogP) is 2.34. The maximum Gasteiger partial charge on any atom is 0.248 e. The molecule has 0 saturated carbocycles. The van der Waals surface area contributed by atoms with E-state index in [4.69, 9.17) is 4.74 Å². The Balaban J connectivity index is 1.97. The van der Waals surface area contributed by atoms with Crippen LogP contribution in [0, 0.1) is 5.92 Å². The van der Waals surface area contributed by atoms with Crippen LogP contribution in [0.2, 0.25) is 0 Å². The minimum absolute atomic E-state index is 0.0826. The van der Waals surface area contributed by atoms with Gasteiger partial charge in [0.15, 0.2) is 15.0 Å². The van der Waals surface area contributed by atoms with Gasteiger partial charge in [-0.2, -0.15) is 4.99 Å². The largest absolute Gasteiger partial charge is 0.497 e. The summed E-state index contributed by atoms with van der Waals surface area (Å²) in [6.45, 7) is 3.95. The van der Waals surface area contributed by atoms with Crippen molar-refractivity contribution in [3.63, 3.8) is 0 Å². The average molecular weight is 383 g/mol. The van der Waals surface area contributed by atoms with Crippen LogP contribution in [0.3, 0.4) is 0 Å². The number of carbonyl (C=O) groups is 1. The van der Waals surface area contributed by atoms with E-state index in [0.29, 0.717) is 17.3 Å². The summed E-state index contributed by atoms with van der Waals surface area (Å²) in [5.41, 5.74) is 0.799. The van der Waals surface area contributed by atoms with Crippen molar-refractivity contribution in [3.8, 4) is 5.75 Å². The van der Waals surface area contributed by atoms with Crippen molar-refractivity contribution in [2.45, 2.75) is 31.6 Å². The average Bonchev–Trinajstić information content (AvgIpc) is 2.97. The molecule has 2 saturated heterocycles. The van der Waals surface area contributed by atoms with Crippen LogP contribution in [0.25, 0.3) is 0 Å². The lowest BCUT2D eigenvalue weighted by molar-refractivity contribution is -0.118. The third kappa shape index (κ3) is 4.00. The second-order valence-electron chi connectivity index (χ2n) is 6.76. The van der Waals surface area contributed by atoms with Crippen molar-refractivity contribution in [2.24, 2.45) is 10.9 Å². The minimum Gasteiger partial charge on any atom is -0.497 e. The number of thioether (sulfide) groups is 1. The molecule has 0 radical (unpaired) electrons. The molecule has 2 fully saturated rings. The third-order valence-electron chi connectivity index (χ3n) is 4.20. The number of hydrogen-bond acceptors (Lipinski definition) is 5. The van der Waals surface area contributed by atoms with Gasteiger partial charge in [-0.1, -0.05) is 31.7 Å². The number of nitrogens with zero attached hydrogens (tertiary/aromatic N) is 2. The first-order chi connectivity index (χ1) is 11.8. The van der Waals surface area contributed by atoms with Crippen molar-refractivity contribution in [2.75, 3.05) is 23.5 Å². The van der Waals surface area contributed by atoms with Gasteiger partial charge in [0.05, 0.1) is 24.7 Å². The number of amides is 1. The number of benzene rings is 1. The van der Waals surface area contributed by atoms with E-state index < -0.39 is 9.84 Å². The van der Waals surface area contributed by atoms with Gasteiger partial charge in [-0.3, -0.25) is 4.79 Å². The fourth-order valence-corrected chi connectivity index (χ4v) is 7.06. The molecule has 6 nitrogen and oxygen atoms in total. The number of anilines is 1. The SMILES string of the molecule is COc1cccc(N2C(=NC(=O)CC(C)C)S[C@@H]3CS(=O)(=O)C[C@@H]32)c1. The first-order valence-electron chi connectivity index (χ1n) is 8.21. The van der Waals surface area contributed by atoms with Crippen molar-refractivity contribution in [1.29, 1.82) is 0 Å². The highest BCUT2D eigenvalue weighted by Gasteiger charge is 2.49. The van der Waals surface area contributed by atoms with Gasteiger partial charge < -0.3 is 9.64 Å². The Morgan fingerprint density at radius 1 is 1.40 bits per heavy atom. The number of aliphatic imine (C=N–C) groups is 1. The second-order valence-corrected chi connectivity index (χ2v) is 10.1. The Morgan fingerprint density at radius 3 is 2.84 bits per heavy atom. The monoisotopic (exact) mass is 382 g/mol. The van der Waals surface area contributed by atoms with Gasteiger partial charge in [0.2, 0.25) is 5.91 Å². The van der Waals surface area contributed by atoms with Crippen LogP contribution in [-0.4, -0.2) is 49.4 Å². The van der Waals surface area contributed by atoms with Gasteiger partial charge in [-0.15, -0.1) is 0 Å². The van der Waals surface area contributed by atoms with E-state index in [1.54, 1.807) is 7.11 Å². The lowest BCUT2D eigenvalue weighted by Gasteiger charge is -2.24. The normalized spacial score (nSPS) is 26.2. The van der Waals surface area contributed by atoms with E-state index in [1.165, 1.54) is 11.8 Å². The summed E-state index contributed by atoms with van der Waals surface area (Å²) >= 11 is 1.39. The quantitative estimate of drug-likeness (QED) is 0.796. The highest BCUT2D eigenvalue weighted by atomic mass is 32.2. The Morgan fingerprint density at radius 2 is 2.16 bits per heavy atom.